The monoisotopic (exact) mass is 293 g/mol. The van der Waals surface area contributed by atoms with Crippen molar-refractivity contribution in [2.45, 2.75) is 24.8 Å². The van der Waals surface area contributed by atoms with Crippen molar-refractivity contribution in [2.24, 2.45) is 0 Å². The Kier molecular flexibility index (Phi) is 3.79. The zero-order valence-corrected chi connectivity index (χ0v) is 11.4. The van der Waals surface area contributed by atoms with Gasteiger partial charge in [0, 0.05) is 18.7 Å². The first-order valence-electron chi connectivity index (χ1n) is 6.42. The lowest BCUT2D eigenvalue weighted by Gasteiger charge is -2.38. The largest absolute Gasteiger partial charge is 0.480 e. The summed E-state index contributed by atoms with van der Waals surface area (Å²) in [5.74, 6) is -1.45. The fraction of sp³-hybridized carbons (Fsp3) is 0.385. The van der Waals surface area contributed by atoms with E-state index >= 15 is 0 Å². The van der Waals surface area contributed by atoms with E-state index in [-0.39, 0.29) is 16.9 Å². The Morgan fingerprint density at radius 2 is 2.05 bits per heavy atom. The van der Waals surface area contributed by atoms with E-state index in [1.165, 1.54) is 25.2 Å². The van der Waals surface area contributed by atoms with Crippen molar-refractivity contribution in [1.82, 2.24) is 5.32 Å². The van der Waals surface area contributed by atoms with Gasteiger partial charge in [0.1, 0.15) is 11.2 Å². The third-order valence-electron chi connectivity index (χ3n) is 3.67. The number of carbonyl (C=O) groups excluding carboxylic acids is 1. The van der Waals surface area contributed by atoms with Gasteiger partial charge in [-0.05, 0) is 31.4 Å². The fourth-order valence-corrected chi connectivity index (χ4v) is 2.26. The molecule has 1 fully saturated rings. The van der Waals surface area contributed by atoms with Crippen LogP contribution < -0.4 is 10.6 Å². The van der Waals surface area contributed by atoms with Crippen molar-refractivity contribution in [3.63, 3.8) is 0 Å². The second kappa shape index (κ2) is 5.39. The molecule has 0 atom stereocenters. The van der Waals surface area contributed by atoms with Gasteiger partial charge >= 0.3 is 5.97 Å². The minimum absolute atomic E-state index is 0.0446. The maximum Gasteiger partial charge on any atom is 0.329 e. The molecule has 1 aromatic rings. The number of benzene rings is 1. The molecular weight excluding hydrogens is 278 g/mol. The Bertz CT molecular complexity index is 610. The van der Waals surface area contributed by atoms with Crippen LogP contribution in [-0.4, -0.2) is 34.5 Å². The number of anilines is 1. The molecule has 0 aliphatic heterocycles. The quantitative estimate of drug-likeness (QED) is 0.557. The first-order valence-corrected chi connectivity index (χ1v) is 6.42. The average Bonchev–Trinajstić information content (AvgIpc) is 2.41. The molecule has 112 valence electrons. The van der Waals surface area contributed by atoms with Gasteiger partial charge < -0.3 is 15.7 Å². The van der Waals surface area contributed by atoms with Gasteiger partial charge in [-0.1, -0.05) is 0 Å². The standard InChI is InChI=1S/C13H15N3O5/c1-14-11(17)8-3-4-10(16(20)21)9(7-8)15-13(12(18)19)5-2-6-13/h3-4,7,15H,2,5-6H2,1H3,(H,14,17)(H,18,19). The summed E-state index contributed by atoms with van der Waals surface area (Å²) >= 11 is 0. The van der Waals surface area contributed by atoms with Gasteiger partial charge in [-0.25, -0.2) is 4.79 Å². The summed E-state index contributed by atoms with van der Waals surface area (Å²) in [6.07, 6.45) is 1.52. The van der Waals surface area contributed by atoms with Crippen LogP contribution in [0.5, 0.6) is 0 Å². The minimum Gasteiger partial charge on any atom is -0.480 e. The SMILES string of the molecule is CNC(=O)c1ccc([N+](=O)[O-])c(NC2(C(=O)O)CCC2)c1. The number of rotatable bonds is 5. The van der Waals surface area contributed by atoms with E-state index in [1.807, 2.05) is 0 Å². The molecule has 1 aliphatic rings. The molecule has 1 aromatic carbocycles. The van der Waals surface area contributed by atoms with Gasteiger partial charge in [0.15, 0.2) is 0 Å². The van der Waals surface area contributed by atoms with Gasteiger partial charge in [0.25, 0.3) is 11.6 Å². The molecule has 8 nitrogen and oxygen atoms in total. The highest BCUT2D eigenvalue weighted by Gasteiger charge is 2.45. The fourth-order valence-electron chi connectivity index (χ4n) is 2.26. The van der Waals surface area contributed by atoms with E-state index < -0.39 is 22.3 Å². The predicted octanol–water partition coefficient (Wildman–Crippen LogP) is 1.37. The van der Waals surface area contributed by atoms with Crippen LogP contribution in [0.25, 0.3) is 0 Å². The lowest BCUT2D eigenvalue weighted by Crippen LogP contribution is -2.52. The van der Waals surface area contributed by atoms with Crippen LogP contribution in [0.3, 0.4) is 0 Å². The van der Waals surface area contributed by atoms with E-state index in [0.29, 0.717) is 12.8 Å². The van der Waals surface area contributed by atoms with Crippen molar-refractivity contribution in [2.75, 3.05) is 12.4 Å². The smallest absolute Gasteiger partial charge is 0.329 e. The number of nitrogens with one attached hydrogen (secondary N) is 2. The Morgan fingerprint density at radius 3 is 2.48 bits per heavy atom. The number of hydrogen-bond donors (Lipinski definition) is 3. The lowest BCUT2D eigenvalue weighted by atomic mass is 9.76. The van der Waals surface area contributed by atoms with E-state index in [9.17, 15) is 24.8 Å². The highest BCUT2D eigenvalue weighted by atomic mass is 16.6. The van der Waals surface area contributed by atoms with E-state index in [0.717, 1.165) is 6.42 Å². The highest BCUT2D eigenvalue weighted by Crippen LogP contribution is 2.38. The van der Waals surface area contributed by atoms with Crippen molar-refractivity contribution in [3.8, 4) is 0 Å². The second-order valence-corrected chi connectivity index (χ2v) is 4.93. The predicted molar refractivity (Wildman–Crippen MR) is 74.3 cm³/mol. The molecular formula is C13H15N3O5. The van der Waals surface area contributed by atoms with Crippen LogP contribution >= 0.6 is 0 Å². The van der Waals surface area contributed by atoms with E-state index in [4.69, 9.17) is 0 Å². The van der Waals surface area contributed by atoms with Crippen molar-refractivity contribution >= 4 is 23.3 Å². The topological polar surface area (TPSA) is 122 Å². The minimum atomic E-state index is -1.19. The molecule has 1 saturated carbocycles. The number of nitrogens with zero attached hydrogens (tertiary/aromatic N) is 1. The molecule has 8 heteroatoms. The number of aliphatic carboxylic acids is 1. The maximum absolute atomic E-state index is 11.6. The summed E-state index contributed by atoms with van der Waals surface area (Å²) in [6, 6.07) is 3.83. The Balaban J connectivity index is 2.41. The van der Waals surface area contributed by atoms with Crippen LogP contribution in [0.15, 0.2) is 18.2 Å². The molecule has 0 saturated heterocycles. The highest BCUT2D eigenvalue weighted by molar-refractivity contribution is 5.96. The summed E-state index contributed by atoms with van der Waals surface area (Å²) in [4.78, 5) is 33.4. The molecule has 0 heterocycles. The Morgan fingerprint density at radius 1 is 1.38 bits per heavy atom. The van der Waals surface area contributed by atoms with Gasteiger partial charge in [-0.15, -0.1) is 0 Å². The van der Waals surface area contributed by atoms with Crippen LogP contribution in [0.2, 0.25) is 0 Å². The molecule has 1 aliphatic carbocycles. The molecule has 0 bridgehead atoms. The van der Waals surface area contributed by atoms with Gasteiger partial charge in [-0.2, -0.15) is 0 Å². The number of nitro groups is 1. The molecule has 2 rings (SSSR count). The molecule has 0 spiro atoms. The first-order chi connectivity index (χ1) is 9.89. The molecule has 0 radical (unpaired) electrons. The third-order valence-corrected chi connectivity index (χ3v) is 3.67. The third kappa shape index (κ3) is 2.64. The zero-order valence-electron chi connectivity index (χ0n) is 11.4. The number of nitro benzene ring substituents is 1. The average molecular weight is 293 g/mol. The maximum atomic E-state index is 11.6. The van der Waals surface area contributed by atoms with Crippen LogP contribution in [0.4, 0.5) is 11.4 Å². The van der Waals surface area contributed by atoms with Gasteiger partial charge in [0.2, 0.25) is 0 Å². The van der Waals surface area contributed by atoms with E-state index in [1.54, 1.807) is 0 Å². The van der Waals surface area contributed by atoms with Gasteiger partial charge in [0.05, 0.1) is 4.92 Å². The van der Waals surface area contributed by atoms with Crippen LogP contribution in [-0.2, 0) is 4.79 Å². The summed E-state index contributed by atoms with van der Waals surface area (Å²) in [7, 11) is 1.45. The van der Waals surface area contributed by atoms with Crippen LogP contribution in [0.1, 0.15) is 29.6 Å². The number of carboxylic acid groups (broad SMARTS) is 1. The van der Waals surface area contributed by atoms with Gasteiger partial charge in [-0.3, -0.25) is 14.9 Å². The number of carbonyl (C=O) groups is 2. The number of hydrogen-bond acceptors (Lipinski definition) is 5. The molecule has 0 unspecified atom stereocenters. The normalized spacial score (nSPS) is 15.7. The van der Waals surface area contributed by atoms with Crippen molar-refractivity contribution in [1.29, 1.82) is 0 Å². The van der Waals surface area contributed by atoms with Crippen molar-refractivity contribution < 1.29 is 19.6 Å². The Hall–Kier alpha value is -2.64. The van der Waals surface area contributed by atoms with Crippen LogP contribution in [0, 0.1) is 10.1 Å². The molecule has 1 amide bonds. The molecule has 0 aromatic heterocycles. The summed E-state index contributed by atoms with van der Waals surface area (Å²) < 4.78 is 0. The number of amides is 1. The molecule has 21 heavy (non-hydrogen) atoms. The lowest BCUT2D eigenvalue weighted by molar-refractivity contribution is -0.384. The first kappa shape index (κ1) is 14.8. The number of carboxylic acids is 1. The molecule has 3 N–H and O–H groups in total. The zero-order chi connectivity index (χ0) is 15.6. The summed E-state index contributed by atoms with van der Waals surface area (Å²) in [6.45, 7) is 0. The summed E-state index contributed by atoms with van der Waals surface area (Å²) in [5.41, 5.74) is -1.17. The second-order valence-electron chi connectivity index (χ2n) is 4.93. The van der Waals surface area contributed by atoms with Crippen molar-refractivity contribution in [3.05, 3.63) is 33.9 Å². The van der Waals surface area contributed by atoms with E-state index in [2.05, 4.69) is 10.6 Å². The Labute approximate surface area is 120 Å². The summed E-state index contributed by atoms with van der Waals surface area (Å²) in [5, 5.41) is 25.5.